The van der Waals surface area contributed by atoms with E-state index in [2.05, 4.69) is 10.1 Å². The fraction of sp³-hybridized carbons (Fsp3) is 0.222. The van der Waals surface area contributed by atoms with Crippen LogP contribution in [-0.4, -0.2) is 31.6 Å². The van der Waals surface area contributed by atoms with Gasteiger partial charge in [-0.1, -0.05) is 0 Å². The van der Waals surface area contributed by atoms with E-state index in [0.717, 1.165) is 23.5 Å². The van der Waals surface area contributed by atoms with Crippen molar-refractivity contribution in [1.29, 1.82) is 5.26 Å². The molecule has 0 saturated carbocycles. The number of rotatable bonds is 5. The Balaban J connectivity index is 2.45. The van der Waals surface area contributed by atoms with Gasteiger partial charge in [-0.25, -0.2) is 14.0 Å². The number of carbonyl (C=O) groups is 3. The van der Waals surface area contributed by atoms with Crippen LogP contribution in [0, 0.1) is 24.1 Å². The first-order chi connectivity index (χ1) is 12.8. The minimum Gasteiger partial charge on any atom is -0.465 e. The summed E-state index contributed by atoms with van der Waals surface area (Å²) in [7, 11) is 1.19. The van der Waals surface area contributed by atoms with Crippen LogP contribution < -0.4 is 5.32 Å². The molecule has 1 aromatic carbocycles. The van der Waals surface area contributed by atoms with Crippen LogP contribution in [0.2, 0.25) is 0 Å². The maximum atomic E-state index is 14.1. The number of amides is 1. The highest BCUT2D eigenvalue weighted by molar-refractivity contribution is 7.18. The van der Waals surface area contributed by atoms with Crippen molar-refractivity contribution in [3.63, 3.8) is 0 Å². The molecule has 0 atom stereocenters. The largest absolute Gasteiger partial charge is 0.465 e. The lowest BCUT2D eigenvalue weighted by atomic mass is 10.1. The first-order valence-corrected chi connectivity index (χ1v) is 8.55. The number of methoxy groups -OCH3 is 1. The third-order valence-corrected chi connectivity index (χ3v) is 4.75. The number of hydrogen-bond acceptors (Lipinski definition) is 7. The van der Waals surface area contributed by atoms with Crippen molar-refractivity contribution in [3.8, 4) is 6.07 Å². The maximum Gasteiger partial charge on any atom is 0.348 e. The molecule has 2 aromatic rings. The second kappa shape index (κ2) is 8.42. The minimum absolute atomic E-state index is 0.00431. The van der Waals surface area contributed by atoms with Gasteiger partial charge in [0.25, 0.3) is 5.91 Å². The average Bonchev–Trinajstić information content (AvgIpc) is 2.96. The molecular weight excluding hydrogens is 375 g/mol. The molecule has 0 saturated heterocycles. The van der Waals surface area contributed by atoms with Crippen molar-refractivity contribution in [3.05, 3.63) is 51.1 Å². The Morgan fingerprint density at radius 2 is 2.00 bits per heavy atom. The molecule has 0 aliphatic carbocycles. The summed E-state index contributed by atoms with van der Waals surface area (Å²) in [6.07, 6.45) is 0. The zero-order valence-electron chi connectivity index (χ0n) is 14.7. The first-order valence-electron chi connectivity index (χ1n) is 7.73. The van der Waals surface area contributed by atoms with E-state index in [0.29, 0.717) is 5.56 Å². The smallest absolute Gasteiger partial charge is 0.348 e. The van der Waals surface area contributed by atoms with Crippen molar-refractivity contribution >= 4 is 34.2 Å². The molecule has 0 aliphatic heterocycles. The van der Waals surface area contributed by atoms with Gasteiger partial charge in [0, 0.05) is 0 Å². The SMILES string of the molecule is CCOC(=O)c1c(NC(=O)c2ccc(C#N)cc2F)sc(C(=O)OC)c1C. The highest BCUT2D eigenvalue weighted by Gasteiger charge is 2.27. The van der Waals surface area contributed by atoms with E-state index in [9.17, 15) is 18.8 Å². The minimum atomic E-state index is -0.884. The van der Waals surface area contributed by atoms with Crippen molar-refractivity contribution in [1.82, 2.24) is 0 Å². The number of nitriles is 1. The van der Waals surface area contributed by atoms with Crippen LogP contribution in [0.4, 0.5) is 9.39 Å². The number of benzene rings is 1. The third-order valence-electron chi connectivity index (χ3n) is 3.57. The van der Waals surface area contributed by atoms with E-state index in [-0.39, 0.29) is 33.2 Å². The zero-order valence-corrected chi connectivity index (χ0v) is 15.5. The summed E-state index contributed by atoms with van der Waals surface area (Å²) in [5.74, 6) is -3.11. The number of thiophene rings is 1. The molecule has 0 aliphatic rings. The summed E-state index contributed by atoms with van der Waals surface area (Å²) in [5.41, 5.74) is 0.0521. The lowest BCUT2D eigenvalue weighted by Gasteiger charge is -2.08. The predicted octanol–water partition coefficient (Wildman–Crippen LogP) is 3.28. The van der Waals surface area contributed by atoms with E-state index in [1.54, 1.807) is 13.0 Å². The van der Waals surface area contributed by atoms with Crippen molar-refractivity contribution in [2.45, 2.75) is 13.8 Å². The molecule has 2 rings (SSSR count). The van der Waals surface area contributed by atoms with Crippen LogP contribution in [-0.2, 0) is 9.47 Å². The topological polar surface area (TPSA) is 105 Å². The summed E-state index contributed by atoms with van der Waals surface area (Å²) in [6.45, 7) is 3.23. The first kappa shape index (κ1) is 20.1. The van der Waals surface area contributed by atoms with Crippen LogP contribution in [0.1, 0.15) is 48.4 Å². The zero-order chi connectivity index (χ0) is 20.1. The highest BCUT2D eigenvalue weighted by atomic mass is 32.1. The molecule has 140 valence electrons. The Morgan fingerprint density at radius 1 is 1.30 bits per heavy atom. The fourth-order valence-corrected chi connectivity index (χ4v) is 3.39. The van der Waals surface area contributed by atoms with E-state index in [1.807, 2.05) is 0 Å². The Hall–Kier alpha value is -3.25. The van der Waals surface area contributed by atoms with Crippen molar-refractivity contribution < 1.29 is 28.2 Å². The van der Waals surface area contributed by atoms with Gasteiger partial charge < -0.3 is 14.8 Å². The Kier molecular flexibility index (Phi) is 6.26. The van der Waals surface area contributed by atoms with Crippen LogP contribution >= 0.6 is 11.3 Å². The maximum absolute atomic E-state index is 14.1. The van der Waals surface area contributed by atoms with Crippen LogP contribution in [0.3, 0.4) is 0 Å². The van der Waals surface area contributed by atoms with E-state index in [4.69, 9.17) is 10.00 Å². The molecule has 1 heterocycles. The number of hydrogen-bond donors (Lipinski definition) is 1. The lowest BCUT2D eigenvalue weighted by molar-refractivity contribution is 0.0527. The summed E-state index contributed by atoms with van der Waals surface area (Å²) < 4.78 is 23.7. The summed E-state index contributed by atoms with van der Waals surface area (Å²) in [6, 6.07) is 5.16. The summed E-state index contributed by atoms with van der Waals surface area (Å²) in [5, 5.41) is 11.2. The van der Waals surface area contributed by atoms with E-state index < -0.39 is 23.7 Å². The van der Waals surface area contributed by atoms with Gasteiger partial charge in [0.1, 0.15) is 15.7 Å². The average molecular weight is 390 g/mol. The van der Waals surface area contributed by atoms with Gasteiger partial charge in [-0.15, -0.1) is 11.3 Å². The van der Waals surface area contributed by atoms with E-state index in [1.165, 1.54) is 20.1 Å². The molecule has 1 amide bonds. The van der Waals surface area contributed by atoms with Gasteiger partial charge in [0.05, 0.1) is 36.5 Å². The number of halogens is 1. The molecular formula is C18H15FN2O5S. The number of ether oxygens (including phenoxy) is 2. The third kappa shape index (κ3) is 4.12. The number of esters is 2. The molecule has 1 aromatic heterocycles. The molecule has 0 spiro atoms. The van der Waals surface area contributed by atoms with Gasteiger partial charge >= 0.3 is 11.9 Å². The number of anilines is 1. The van der Waals surface area contributed by atoms with Crippen molar-refractivity contribution in [2.24, 2.45) is 0 Å². The predicted molar refractivity (Wildman–Crippen MR) is 95.4 cm³/mol. The molecule has 27 heavy (non-hydrogen) atoms. The normalized spacial score (nSPS) is 10.0. The summed E-state index contributed by atoms with van der Waals surface area (Å²) in [4.78, 5) is 36.7. The fourth-order valence-electron chi connectivity index (χ4n) is 2.28. The molecule has 1 N–H and O–H groups in total. The molecule has 0 fully saturated rings. The van der Waals surface area contributed by atoms with Gasteiger partial charge in [0.2, 0.25) is 0 Å². The number of nitrogens with zero attached hydrogens (tertiary/aromatic N) is 1. The Morgan fingerprint density at radius 3 is 2.56 bits per heavy atom. The standard InChI is InChI=1S/C18H15FN2O5S/c1-4-26-17(23)13-9(2)14(18(24)25-3)27-16(13)21-15(22)11-6-5-10(8-20)7-12(11)19/h5-7H,4H2,1-3H3,(H,21,22). The van der Waals surface area contributed by atoms with Gasteiger partial charge in [0.15, 0.2) is 0 Å². The van der Waals surface area contributed by atoms with Gasteiger partial charge in [-0.05, 0) is 37.6 Å². The van der Waals surface area contributed by atoms with Crippen LogP contribution in [0.5, 0.6) is 0 Å². The molecule has 0 radical (unpaired) electrons. The Bertz CT molecular complexity index is 961. The second-order valence-corrected chi connectivity index (χ2v) is 6.25. The summed E-state index contributed by atoms with van der Waals surface area (Å²) >= 11 is 0.827. The van der Waals surface area contributed by atoms with Gasteiger partial charge in [-0.2, -0.15) is 5.26 Å². The molecule has 7 nitrogen and oxygen atoms in total. The van der Waals surface area contributed by atoms with Crippen LogP contribution in [0.15, 0.2) is 18.2 Å². The van der Waals surface area contributed by atoms with Crippen molar-refractivity contribution in [2.75, 3.05) is 19.0 Å². The number of nitrogens with one attached hydrogen (secondary N) is 1. The molecule has 9 heteroatoms. The van der Waals surface area contributed by atoms with Gasteiger partial charge in [-0.3, -0.25) is 4.79 Å². The number of carbonyl (C=O) groups excluding carboxylic acids is 3. The molecule has 0 unspecified atom stereocenters. The monoisotopic (exact) mass is 390 g/mol. The lowest BCUT2D eigenvalue weighted by Crippen LogP contribution is -2.16. The second-order valence-electron chi connectivity index (χ2n) is 5.23. The quantitative estimate of drug-likeness (QED) is 0.786. The highest BCUT2D eigenvalue weighted by Crippen LogP contribution is 2.34. The molecule has 0 bridgehead atoms. The van der Waals surface area contributed by atoms with Crippen LogP contribution in [0.25, 0.3) is 0 Å². The van der Waals surface area contributed by atoms with E-state index >= 15 is 0 Å². The Labute approximate surface area is 158 Å².